The normalized spacial score (nSPS) is 13.3. The first-order valence-electron chi connectivity index (χ1n) is 8.04. The van der Waals surface area contributed by atoms with Crippen LogP contribution < -0.4 is 9.56 Å². The Morgan fingerprint density at radius 1 is 1.07 bits per heavy atom. The Morgan fingerprint density at radius 3 is 2.17 bits per heavy atom. The second-order valence-electron chi connectivity index (χ2n) is 5.75. The summed E-state index contributed by atoms with van der Waals surface area (Å²) < 4.78 is 101. The van der Waals surface area contributed by atoms with Crippen LogP contribution >= 0.6 is 11.6 Å². The number of oxime groups is 1. The predicted octanol–water partition coefficient (Wildman–Crippen LogP) is 5.81. The number of nitrogens with zero attached hydrogens (tertiary/aromatic N) is 1. The molecule has 0 spiro atoms. The summed E-state index contributed by atoms with van der Waals surface area (Å²) in [6.45, 7) is 1.50. The number of hydrogen-bond acceptors (Lipinski definition) is 4. The Kier molecular flexibility index (Phi) is 6.92. The molecular formula is C17H13ClF6N2O3S. The fourth-order valence-corrected chi connectivity index (χ4v) is 2.87. The van der Waals surface area contributed by atoms with E-state index in [1.165, 1.54) is 31.2 Å². The molecule has 0 heterocycles. The molecule has 0 bridgehead atoms. The standard InChI is InChI=1S/C17H13ClF6N2O3S/c1-2-14(25-29-12-6-4-11(18)5-7-12)13-8-3-10(16(19,20)21)9-15(13)26-30(27,28)17(22,23)24/h3-9,26H,2H2,1H3/b25-14+. The van der Waals surface area contributed by atoms with Crippen LogP contribution in [0.3, 0.4) is 0 Å². The van der Waals surface area contributed by atoms with Gasteiger partial charge in [0.1, 0.15) is 0 Å². The van der Waals surface area contributed by atoms with E-state index in [1.54, 1.807) is 0 Å². The molecule has 0 aliphatic carbocycles. The monoisotopic (exact) mass is 474 g/mol. The Morgan fingerprint density at radius 2 is 1.67 bits per heavy atom. The molecule has 2 aromatic carbocycles. The second-order valence-corrected chi connectivity index (χ2v) is 7.86. The maximum absolute atomic E-state index is 13.0. The number of halogens is 7. The van der Waals surface area contributed by atoms with E-state index in [2.05, 4.69) is 5.16 Å². The van der Waals surface area contributed by atoms with Gasteiger partial charge in [-0.05, 0) is 42.8 Å². The van der Waals surface area contributed by atoms with Crippen molar-refractivity contribution in [1.82, 2.24) is 0 Å². The van der Waals surface area contributed by atoms with Crippen molar-refractivity contribution in [2.75, 3.05) is 4.72 Å². The largest absolute Gasteiger partial charge is 0.516 e. The fourth-order valence-electron chi connectivity index (χ4n) is 2.17. The molecule has 30 heavy (non-hydrogen) atoms. The second kappa shape index (κ2) is 8.72. The van der Waals surface area contributed by atoms with E-state index in [0.717, 1.165) is 10.8 Å². The van der Waals surface area contributed by atoms with Crippen LogP contribution in [0.1, 0.15) is 24.5 Å². The molecule has 0 aromatic heterocycles. The SMILES string of the molecule is CC/C(=N\Oc1ccc(Cl)cc1)c1ccc(C(F)(F)F)cc1NS(=O)(=O)C(F)(F)F. The number of nitrogens with one attached hydrogen (secondary N) is 1. The molecule has 0 saturated heterocycles. The molecule has 164 valence electrons. The molecule has 2 aromatic rings. The van der Waals surface area contributed by atoms with Gasteiger partial charge in [0.25, 0.3) is 0 Å². The summed E-state index contributed by atoms with van der Waals surface area (Å²) in [4.78, 5) is 5.13. The van der Waals surface area contributed by atoms with Gasteiger partial charge in [0.05, 0.1) is 17.0 Å². The maximum Gasteiger partial charge on any atom is 0.516 e. The average molecular weight is 475 g/mol. The van der Waals surface area contributed by atoms with Gasteiger partial charge in [0.2, 0.25) is 0 Å². The molecule has 0 fully saturated rings. The molecule has 13 heteroatoms. The Balaban J connectivity index is 2.52. The van der Waals surface area contributed by atoms with Gasteiger partial charge in [-0.1, -0.05) is 29.7 Å². The zero-order valence-electron chi connectivity index (χ0n) is 15.0. The highest BCUT2D eigenvalue weighted by Crippen LogP contribution is 2.34. The van der Waals surface area contributed by atoms with E-state index in [4.69, 9.17) is 16.4 Å². The Labute approximate surface area is 172 Å². The number of sulfonamides is 1. The highest BCUT2D eigenvalue weighted by molar-refractivity contribution is 7.93. The lowest BCUT2D eigenvalue weighted by molar-refractivity contribution is -0.137. The van der Waals surface area contributed by atoms with Crippen LogP contribution in [0.4, 0.5) is 32.0 Å². The van der Waals surface area contributed by atoms with Gasteiger partial charge in [-0.3, -0.25) is 4.72 Å². The van der Waals surface area contributed by atoms with Crippen LogP contribution in [-0.2, 0) is 16.2 Å². The average Bonchev–Trinajstić information content (AvgIpc) is 2.62. The zero-order valence-corrected chi connectivity index (χ0v) is 16.5. The van der Waals surface area contributed by atoms with Crippen molar-refractivity contribution in [1.29, 1.82) is 0 Å². The van der Waals surface area contributed by atoms with Gasteiger partial charge in [0.15, 0.2) is 5.75 Å². The molecule has 0 amide bonds. The predicted molar refractivity (Wildman–Crippen MR) is 98.9 cm³/mol. The quantitative estimate of drug-likeness (QED) is 0.326. The molecule has 2 rings (SSSR count). The van der Waals surface area contributed by atoms with E-state index in [-0.39, 0.29) is 29.5 Å². The van der Waals surface area contributed by atoms with Crippen molar-refractivity contribution < 1.29 is 39.6 Å². The molecule has 0 radical (unpaired) electrons. The van der Waals surface area contributed by atoms with Crippen LogP contribution in [0.2, 0.25) is 5.02 Å². The first-order valence-corrected chi connectivity index (χ1v) is 9.91. The van der Waals surface area contributed by atoms with Crippen LogP contribution in [0.15, 0.2) is 47.6 Å². The van der Waals surface area contributed by atoms with Gasteiger partial charge >= 0.3 is 21.7 Å². The van der Waals surface area contributed by atoms with E-state index in [1.807, 2.05) is 0 Å². The van der Waals surface area contributed by atoms with Crippen molar-refractivity contribution in [3.8, 4) is 5.75 Å². The van der Waals surface area contributed by atoms with Crippen molar-refractivity contribution in [3.05, 3.63) is 58.6 Å². The summed E-state index contributed by atoms with van der Waals surface area (Å²) in [5.41, 5.74) is -8.43. The highest BCUT2D eigenvalue weighted by atomic mass is 35.5. The van der Waals surface area contributed by atoms with Crippen LogP contribution in [0, 0.1) is 0 Å². The van der Waals surface area contributed by atoms with Crippen LogP contribution in [0.25, 0.3) is 0 Å². The Hall–Kier alpha value is -2.47. The fraction of sp³-hybridized carbons (Fsp3) is 0.235. The molecule has 0 aliphatic rings. The minimum atomic E-state index is -5.98. The lowest BCUT2D eigenvalue weighted by atomic mass is 10.0. The molecule has 1 N–H and O–H groups in total. The van der Waals surface area contributed by atoms with Crippen molar-refractivity contribution in [3.63, 3.8) is 0 Å². The van der Waals surface area contributed by atoms with E-state index >= 15 is 0 Å². The molecule has 0 atom stereocenters. The van der Waals surface area contributed by atoms with Gasteiger partial charge in [0, 0.05) is 10.6 Å². The number of rotatable bonds is 6. The summed E-state index contributed by atoms with van der Waals surface area (Å²) >= 11 is 5.73. The third-order valence-corrected chi connectivity index (χ3v) is 4.97. The van der Waals surface area contributed by atoms with Gasteiger partial charge in [-0.25, -0.2) is 0 Å². The summed E-state index contributed by atoms with van der Waals surface area (Å²) in [5, 5.41) is 4.13. The van der Waals surface area contributed by atoms with Gasteiger partial charge < -0.3 is 4.84 Å². The molecular weight excluding hydrogens is 462 g/mol. The summed E-state index contributed by atoms with van der Waals surface area (Å²) in [7, 11) is -5.98. The first kappa shape index (κ1) is 23.8. The molecule has 0 aliphatic heterocycles. The summed E-state index contributed by atoms with van der Waals surface area (Å²) in [6, 6.07) is 7.46. The zero-order chi connectivity index (χ0) is 22.7. The summed E-state index contributed by atoms with van der Waals surface area (Å²) in [6.07, 6.45) is -4.92. The van der Waals surface area contributed by atoms with Crippen LogP contribution in [0.5, 0.6) is 5.75 Å². The topological polar surface area (TPSA) is 67.8 Å². The Bertz CT molecular complexity index is 1030. The van der Waals surface area contributed by atoms with E-state index in [0.29, 0.717) is 11.1 Å². The highest BCUT2D eigenvalue weighted by Gasteiger charge is 2.46. The van der Waals surface area contributed by atoms with Gasteiger partial charge in [-0.15, -0.1) is 0 Å². The minimum Gasteiger partial charge on any atom is -0.357 e. The first-order chi connectivity index (χ1) is 13.7. The number of hydrogen-bond donors (Lipinski definition) is 1. The number of alkyl halides is 6. The smallest absolute Gasteiger partial charge is 0.357 e. The lowest BCUT2D eigenvalue weighted by Crippen LogP contribution is -2.30. The van der Waals surface area contributed by atoms with E-state index < -0.39 is 33.0 Å². The number of benzene rings is 2. The third kappa shape index (κ3) is 5.79. The molecule has 5 nitrogen and oxygen atoms in total. The van der Waals surface area contributed by atoms with Crippen molar-refractivity contribution in [2.24, 2.45) is 5.16 Å². The maximum atomic E-state index is 13.0. The summed E-state index contributed by atoms with van der Waals surface area (Å²) in [5.74, 6) is 0.190. The number of anilines is 1. The van der Waals surface area contributed by atoms with Gasteiger partial charge in [-0.2, -0.15) is 34.8 Å². The lowest BCUT2D eigenvalue weighted by Gasteiger charge is -2.17. The van der Waals surface area contributed by atoms with Crippen molar-refractivity contribution >= 4 is 33.0 Å². The van der Waals surface area contributed by atoms with E-state index in [9.17, 15) is 34.8 Å². The minimum absolute atomic E-state index is 0.000298. The molecule has 0 saturated carbocycles. The molecule has 0 unspecified atom stereocenters. The van der Waals surface area contributed by atoms with Crippen molar-refractivity contribution in [2.45, 2.75) is 25.0 Å². The van der Waals surface area contributed by atoms with Crippen LogP contribution in [-0.4, -0.2) is 19.6 Å². The third-order valence-electron chi connectivity index (χ3n) is 3.62.